The second-order valence-electron chi connectivity index (χ2n) is 6.91. The third-order valence-electron chi connectivity index (χ3n) is 5.22. The van der Waals surface area contributed by atoms with Gasteiger partial charge in [0.2, 0.25) is 5.91 Å². The summed E-state index contributed by atoms with van der Waals surface area (Å²) in [5.41, 5.74) is 2.47. The fourth-order valence-electron chi connectivity index (χ4n) is 3.82. The lowest BCUT2D eigenvalue weighted by Crippen LogP contribution is -2.49. The summed E-state index contributed by atoms with van der Waals surface area (Å²) in [6.45, 7) is 6.23. The van der Waals surface area contributed by atoms with E-state index in [1.807, 2.05) is 32.0 Å². The predicted octanol–water partition coefficient (Wildman–Crippen LogP) is 3.03. The van der Waals surface area contributed by atoms with E-state index in [9.17, 15) is 9.59 Å². The van der Waals surface area contributed by atoms with Crippen molar-refractivity contribution in [1.29, 1.82) is 0 Å². The molecule has 0 radical (unpaired) electrons. The molecule has 1 aromatic carbocycles. The molecule has 1 aliphatic carbocycles. The Morgan fingerprint density at radius 1 is 1.14 bits per heavy atom. The van der Waals surface area contributed by atoms with Crippen LogP contribution in [-0.2, 0) is 9.59 Å². The van der Waals surface area contributed by atoms with E-state index in [0.29, 0.717) is 5.92 Å². The molecule has 1 aliphatic heterocycles. The Labute approximate surface area is 126 Å². The molecule has 1 N–H and O–H groups in total. The van der Waals surface area contributed by atoms with E-state index >= 15 is 0 Å². The van der Waals surface area contributed by atoms with E-state index in [1.54, 1.807) is 0 Å². The molecule has 0 aromatic heterocycles. The van der Waals surface area contributed by atoms with Crippen molar-refractivity contribution in [3.05, 3.63) is 34.9 Å². The molecule has 1 saturated carbocycles. The van der Waals surface area contributed by atoms with Crippen LogP contribution in [0.1, 0.15) is 55.2 Å². The van der Waals surface area contributed by atoms with Crippen molar-refractivity contribution in [3.63, 3.8) is 0 Å². The Kier molecular flexibility index (Phi) is 3.39. The van der Waals surface area contributed by atoms with Crippen LogP contribution in [0, 0.1) is 19.8 Å². The van der Waals surface area contributed by atoms with Crippen LogP contribution < -0.4 is 5.32 Å². The first-order valence-electron chi connectivity index (χ1n) is 7.86. The average molecular weight is 285 g/mol. The third-order valence-corrected chi connectivity index (χ3v) is 5.22. The maximum Gasteiger partial charge on any atom is 0.235 e. The monoisotopic (exact) mass is 285 g/mol. The quantitative estimate of drug-likeness (QED) is 0.806. The molecule has 1 heterocycles. The first-order chi connectivity index (χ1) is 9.93. The van der Waals surface area contributed by atoms with Gasteiger partial charge in [-0.05, 0) is 56.6 Å². The number of benzene rings is 1. The van der Waals surface area contributed by atoms with E-state index in [1.165, 1.54) is 0 Å². The van der Waals surface area contributed by atoms with Crippen LogP contribution in [0.4, 0.5) is 0 Å². The molecule has 3 heteroatoms. The zero-order chi connectivity index (χ0) is 15.2. The zero-order valence-corrected chi connectivity index (χ0v) is 13.0. The summed E-state index contributed by atoms with van der Waals surface area (Å²) in [7, 11) is 0. The molecule has 2 aliphatic rings. The van der Waals surface area contributed by atoms with E-state index in [2.05, 4.69) is 12.2 Å². The van der Waals surface area contributed by atoms with Crippen molar-refractivity contribution in [1.82, 2.24) is 5.32 Å². The molecular formula is C18H23NO2. The van der Waals surface area contributed by atoms with E-state index in [-0.39, 0.29) is 11.7 Å². The maximum atomic E-state index is 13.0. The summed E-state index contributed by atoms with van der Waals surface area (Å²) < 4.78 is 0. The summed E-state index contributed by atoms with van der Waals surface area (Å²) in [6, 6.07) is 5.97. The first kappa shape index (κ1) is 14.3. The summed E-state index contributed by atoms with van der Waals surface area (Å²) in [5.74, 6) is 0.0207. The van der Waals surface area contributed by atoms with Crippen LogP contribution in [0.25, 0.3) is 0 Å². The van der Waals surface area contributed by atoms with Gasteiger partial charge in [-0.25, -0.2) is 0 Å². The minimum absolute atomic E-state index is 0.0892. The molecule has 1 unspecified atom stereocenters. The molecule has 1 spiro atoms. The van der Waals surface area contributed by atoms with Crippen LogP contribution in [0.2, 0.25) is 0 Å². The van der Waals surface area contributed by atoms with Gasteiger partial charge in [0.25, 0.3) is 0 Å². The number of aryl methyl sites for hydroxylation is 2. The summed E-state index contributed by atoms with van der Waals surface area (Å²) in [5, 5.41) is 3.04. The lowest BCUT2D eigenvalue weighted by Gasteiger charge is -2.34. The highest BCUT2D eigenvalue weighted by Gasteiger charge is 2.53. The molecule has 1 aromatic rings. The number of hydrogen-bond donors (Lipinski definition) is 1. The zero-order valence-electron chi connectivity index (χ0n) is 13.0. The fourth-order valence-corrected chi connectivity index (χ4v) is 3.82. The average Bonchev–Trinajstić information content (AvgIpc) is 2.66. The van der Waals surface area contributed by atoms with Crippen molar-refractivity contribution < 1.29 is 9.59 Å². The molecule has 1 saturated heterocycles. The smallest absolute Gasteiger partial charge is 0.235 e. The van der Waals surface area contributed by atoms with Crippen molar-refractivity contribution in [2.45, 2.75) is 57.9 Å². The molecule has 112 valence electrons. The number of amides is 1. The van der Waals surface area contributed by atoms with Crippen LogP contribution in [-0.4, -0.2) is 17.2 Å². The number of carbonyl (C=O) groups excluding carboxylic acids is 2. The van der Waals surface area contributed by atoms with Crippen molar-refractivity contribution in [2.75, 3.05) is 0 Å². The Balaban J connectivity index is 1.94. The number of Topliss-reactive ketones (excluding diaryl/α,β-unsaturated/α-hetero) is 1. The first-order valence-corrected chi connectivity index (χ1v) is 7.86. The molecule has 3 rings (SSSR count). The molecular weight excluding hydrogens is 262 g/mol. The normalized spacial score (nSPS) is 32.5. The van der Waals surface area contributed by atoms with Crippen molar-refractivity contribution in [2.24, 2.45) is 5.92 Å². The topological polar surface area (TPSA) is 46.2 Å². The molecule has 3 nitrogen and oxygen atoms in total. The Morgan fingerprint density at radius 3 is 2.43 bits per heavy atom. The van der Waals surface area contributed by atoms with Crippen LogP contribution in [0.15, 0.2) is 18.2 Å². The highest BCUT2D eigenvalue weighted by molar-refractivity contribution is 6.17. The van der Waals surface area contributed by atoms with Gasteiger partial charge in [0.05, 0.1) is 5.54 Å². The molecule has 21 heavy (non-hydrogen) atoms. The van der Waals surface area contributed by atoms with Gasteiger partial charge >= 0.3 is 0 Å². The highest BCUT2D eigenvalue weighted by Crippen LogP contribution is 2.41. The maximum absolute atomic E-state index is 13.0. The SMILES string of the molecule is Cc1ccc(C2C(=O)NC3(CCC(C)CC3)C2=O)c(C)c1. The predicted molar refractivity (Wildman–Crippen MR) is 82.2 cm³/mol. The minimum atomic E-state index is -0.612. The number of ketones is 1. The molecule has 2 fully saturated rings. The summed E-state index contributed by atoms with van der Waals surface area (Å²) in [6.07, 6.45) is 3.62. The molecule has 1 atom stereocenters. The highest BCUT2D eigenvalue weighted by atomic mass is 16.2. The van der Waals surface area contributed by atoms with E-state index < -0.39 is 11.5 Å². The van der Waals surface area contributed by atoms with E-state index in [4.69, 9.17) is 0 Å². The van der Waals surface area contributed by atoms with Gasteiger partial charge in [-0.15, -0.1) is 0 Å². The number of nitrogens with one attached hydrogen (secondary N) is 1. The van der Waals surface area contributed by atoms with Crippen molar-refractivity contribution >= 4 is 11.7 Å². The largest absolute Gasteiger partial charge is 0.343 e. The van der Waals surface area contributed by atoms with Crippen LogP contribution in [0.5, 0.6) is 0 Å². The Hall–Kier alpha value is -1.64. The Bertz CT molecular complexity index is 597. The van der Waals surface area contributed by atoms with Gasteiger partial charge in [-0.3, -0.25) is 9.59 Å². The van der Waals surface area contributed by atoms with Crippen molar-refractivity contribution in [3.8, 4) is 0 Å². The second-order valence-corrected chi connectivity index (χ2v) is 6.91. The van der Waals surface area contributed by atoms with Gasteiger partial charge < -0.3 is 5.32 Å². The fraction of sp³-hybridized carbons (Fsp3) is 0.556. The van der Waals surface area contributed by atoms with E-state index in [0.717, 1.165) is 42.4 Å². The lowest BCUT2D eigenvalue weighted by atomic mass is 9.73. The Morgan fingerprint density at radius 2 is 1.81 bits per heavy atom. The van der Waals surface area contributed by atoms with Crippen LogP contribution in [0.3, 0.4) is 0 Å². The van der Waals surface area contributed by atoms with Gasteiger partial charge in [-0.1, -0.05) is 30.7 Å². The number of carbonyl (C=O) groups is 2. The lowest BCUT2D eigenvalue weighted by molar-refractivity contribution is -0.126. The number of rotatable bonds is 1. The van der Waals surface area contributed by atoms with Gasteiger partial charge in [-0.2, -0.15) is 0 Å². The summed E-state index contributed by atoms with van der Waals surface area (Å²) >= 11 is 0. The van der Waals surface area contributed by atoms with Crippen LogP contribution >= 0.6 is 0 Å². The van der Waals surface area contributed by atoms with Gasteiger partial charge in [0.1, 0.15) is 5.92 Å². The summed E-state index contributed by atoms with van der Waals surface area (Å²) in [4.78, 5) is 25.4. The van der Waals surface area contributed by atoms with Gasteiger partial charge in [0.15, 0.2) is 5.78 Å². The second kappa shape index (κ2) is 4.97. The number of hydrogen-bond acceptors (Lipinski definition) is 2. The van der Waals surface area contributed by atoms with Gasteiger partial charge in [0, 0.05) is 0 Å². The molecule has 0 bridgehead atoms. The minimum Gasteiger partial charge on any atom is -0.343 e. The standard InChI is InChI=1S/C18H23NO2/c1-11-6-8-18(9-7-11)16(20)15(17(21)19-18)14-5-4-12(2)10-13(14)3/h4-5,10-11,15H,6-9H2,1-3H3,(H,19,21). The third kappa shape index (κ3) is 2.29. The molecule has 1 amide bonds.